The number of hydrogen-bond donors (Lipinski definition) is 1. The van der Waals surface area contributed by atoms with Gasteiger partial charge in [0.2, 0.25) is 0 Å². The first-order valence-electron chi connectivity index (χ1n) is 9.52. The average Bonchev–Trinajstić information content (AvgIpc) is 3.32. The van der Waals surface area contributed by atoms with E-state index in [1.54, 1.807) is 0 Å². The summed E-state index contributed by atoms with van der Waals surface area (Å²) in [4.78, 5) is 25.6. The van der Waals surface area contributed by atoms with Crippen molar-refractivity contribution in [3.05, 3.63) is 0 Å². The third-order valence-electron chi connectivity index (χ3n) is 8.04. The van der Waals surface area contributed by atoms with Gasteiger partial charge >= 0.3 is 0 Å². The van der Waals surface area contributed by atoms with Gasteiger partial charge in [-0.05, 0) is 44.4 Å². The van der Waals surface area contributed by atoms with Crippen molar-refractivity contribution < 1.29 is 24.2 Å². The van der Waals surface area contributed by atoms with Crippen molar-refractivity contribution in [2.24, 2.45) is 22.7 Å². The molecule has 4 aliphatic rings. The largest absolute Gasteiger partial charge is 0.385 e. The Morgan fingerprint density at radius 3 is 2.32 bits per heavy atom. The molecule has 0 bridgehead atoms. The van der Waals surface area contributed by atoms with Gasteiger partial charge in [0.25, 0.3) is 0 Å². The van der Waals surface area contributed by atoms with Gasteiger partial charge < -0.3 is 14.6 Å². The van der Waals surface area contributed by atoms with E-state index in [9.17, 15) is 14.7 Å². The molecule has 2 heterocycles. The molecule has 0 aromatic heterocycles. The van der Waals surface area contributed by atoms with Gasteiger partial charge in [0, 0.05) is 17.8 Å². The van der Waals surface area contributed by atoms with Gasteiger partial charge in [0.1, 0.15) is 12.2 Å². The topological polar surface area (TPSA) is 76.1 Å². The summed E-state index contributed by atoms with van der Waals surface area (Å²) in [6.07, 6.45) is 1.50. The molecule has 2 saturated heterocycles. The molecule has 0 aromatic rings. The number of carbonyl (C=O) groups excluding carboxylic acids is 2. The van der Waals surface area contributed by atoms with Gasteiger partial charge in [-0.1, -0.05) is 20.8 Å². The molecule has 5 heteroatoms. The van der Waals surface area contributed by atoms with Gasteiger partial charge in [0.05, 0.1) is 12.2 Å². The first kappa shape index (κ1) is 17.6. The van der Waals surface area contributed by atoms with Crippen molar-refractivity contribution in [2.75, 3.05) is 6.61 Å². The van der Waals surface area contributed by atoms with E-state index in [2.05, 4.69) is 13.8 Å². The van der Waals surface area contributed by atoms with E-state index in [4.69, 9.17) is 9.47 Å². The predicted molar refractivity (Wildman–Crippen MR) is 91.0 cm³/mol. The highest BCUT2D eigenvalue weighted by molar-refractivity contribution is 5.91. The van der Waals surface area contributed by atoms with Gasteiger partial charge in [-0.3, -0.25) is 9.59 Å². The lowest BCUT2D eigenvalue weighted by Crippen LogP contribution is -2.68. The van der Waals surface area contributed by atoms with Gasteiger partial charge in [0.15, 0.2) is 17.2 Å². The van der Waals surface area contributed by atoms with Crippen molar-refractivity contribution in [3.8, 4) is 0 Å². The molecule has 0 amide bonds. The fourth-order valence-electron chi connectivity index (χ4n) is 6.57. The summed E-state index contributed by atoms with van der Waals surface area (Å²) in [6.45, 7) is 10.6. The number of aliphatic hydroxyl groups is 1. The normalized spacial score (nSPS) is 54.6. The maximum absolute atomic E-state index is 13.0. The van der Waals surface area contributed by atoms with Gasteiger partial charge in [-0.15, -0.1) is 0 Å². The van der Waals surface area contributed by atoms with Crippen molar-refractivity contribution >= 4 is 11.6 Å². The zero-order valence-corrected chi connectivity index (χ0v) is 15.9. The molecule has 0 unspecified atom stereocenters. The van der Waals surface area contributed by atoms with Crippen LogP contribution in [0.25, 0.3) is 0 Å². The van der Waals surface area contributed by atoms with Crippen molar-refractivity contribution in [1.29, 1.82) is 0 Å². The number of fused-ring (bicyclic) bond motifs is 3. The van der Waals surface area contributed by atoms with E-state index in [1.165, 1.54) is 0 Å². The summed E-state index contributed by atoms with van der Waals surface area (Å²) < 4.78 is 11.9. The maximum Gasteiger partial charge on any atom is 0.167 e. The Balaban J connectivity index is 1.73. The van der Waals surface area contributed by atoms with Crippen LogP contribution in [0.3, 0.4) is 0 Å². The smallest absolute Gasteiger partial charge is 0.167 e. The minimum atomic E-state index is -0.950. The number of ether oxygens (including phenoxy) is 2. The molecule has 0 radical (unpaired) electrons. The Hall–Kier alpha value is -0.780. The van der Waals surface area contributed by atoms with Crippen molar-refractivity contribution in [1.82, 2.24) is 0 Å². The first-order valence-corrected chi connectivity index (χ1v) is 9.52. The lowest BCUT2D eigenvalue weighted by Gasteiger charge is -2.64. The number of hydrogen-bond acceptors (Lipinski definition) is 5. The Morgan fingerprint density at radius 2 is 1.72 bits per heavy atom. The van der Waals surface area contributed by atoms with Crippen LogP contribution in [0.15, 0.2) is 0 Å². The third kappa shape index (κ3) is 2.18. The minimum Gasteiger partial charge on any atom is -0.385 e. The maximum atomic E-state index is 13.0. The Bertz CT molecular complexity index is 638. The summed E-state index contributed by atoms with van der Waals surface area (Å²) in [5.41, 5.74) is -2.13. The highest BCUT2D eigenvalue weighted by atomic mass is 16.6. The molecular formula is C20H30O5. The molecular weight excluding hydrogens is 320 g/mol. The van der Waals surface area contributed by atoms with Crippen LogP contribution in [-0.2, 0) is 19.1 Å². The van der Waals surface area contributed by atoms with Crippen LogP contribution in [0.1, 0.15) is 60.3 Å². The van der Waals surface area contributed by atoms with Crippen molar-refractivity contribution in [2.45, 2.75) is 83.7 Å². The summed E-state index contributed by atoms with van der Waals surface area (Å²) in [7, 11) is 0. The standard InChI is InChI=1S/C20H30O5/c1-17(2)12-6-7-19(4)13(18(12,3)9-11(21)16(17)23)8-14(22)20(5,25-19)15-10-24-15/h11-13,15,21H,6-10H2,1-5H3/t11-,12+,13-,15-,18+,19-,20+/m0/s1. The number of epoxide rings is 1. The van der Waals surface area contributed by atoms with E-state index in [-0.39, 0.29) is 34.9 Å². The summed E-state index contributed by atoms with van der Waals surface area (Å²) in [5.74, 6) is 0.216. The summed E-state index contributed by atoms with van der Waals surface area (Å²) in [5, 5.41) is 10.5. The Morgan fingerprint density at radius 1 is 1.08 bits per heavy atom. The third-order valence-corrected chi connectivity index (χ3v) is 8.04. The molecule has 5 nitrogen and oxygen atoms in total. The molecule has 0 aromatic carbocycles. The molecule has 0 spiro atoms. The predicted octanol–water partition coefficient (Wildman–Crippen LogP) is 2.28. The fraction of sp³-hybridized carbons (Fsp3) is 0.900. The number of Topliss-reactive ketones (excluding diaryl/α,β-unsaturated/α-hetero) is 2. The van der Waals surface area contributed by atoms with Crippen LogP contribution in [0, 0.1) is 22.7 Å². The fourth-order valence-corrected chi connectivity index (χ4v) is 6.57. The lowest BCUT2D eigenvalue weighted by molar-refractivity contribution is -0.257. The molecule has 25 heavy (non-hydrogen) atoms. The van der Waals surface area contributed by atoms with Gasteiger partial charge in [-0.25, -0.2) is 0 Å². The van der Waals surface area contributed by atoms with Crippen LogP contribution >= 0.6 is 0 Å². The lowest BCUT2D eigenvalue weighted by atomic mass is 9.43. The number of ketones is 2. The van der Waals surface area contributed by atoms with Crippen LogP contribution in [0.5, 0.6) is 0 Å². The summed E-state index contributed by atoms with van der Waals surface area (Å²) >= 11 is 0. The molecule has 2 aliphatic heterocycles. The quantitative estimate of drug-likeness (QED) is 0.734. The van der Waals surface area contributed by atoms with E-state index in [0.717, 1.165) is 12.8 Å². The molecule has 4 fully saturated rings. The van der Waals surface area contributed by atoms with Crippen LogP contribution < -0.4 is 0 Å². The zero-order chi connectivity index (χ0) is 18.4. The minimum absolute atomic E-state index is 0.0140. The molecule has 1 N–H and O–H groups in total. The zero-order valence-electron chi connectivity index (χ0n) is 15.9. The van der Waals surface area contributed by atoms with E-state index in [1.807, 2.05) is 20.8 Å². The SMILES string of the molecule is CC1(C)C(=O)[C@@H](O)C[C@]2(C)[C@@H]1CC[C@]1(C)O[C@@](C)([C@@H]3CO3)C(=O)C[C@@H]21. The summed E-state index contributed by atoms with van der Waals surface area (Å²) in [6, 6.07) is 0. The second kappa shape index (κ2) is 4.93. The van der Waals surface area contributed by atoms with E-state index >= 15 is 0 Å². The van der Waals surface area contributed by atoms with E-state index < -0.39 is 22.7 Å². The first-order chi connectivity index (χ1) is 11.4. The number of carbonyl (C=O) groups is 2. The molecule has 7 atom stereocenters. The van der Waals surface area contributed by atoms with Crippen molar-refractivity contribution in [3.63, 3.8) is 0 Å². The molecule has 4 rings (SSSR count). The van der Waals surface area contributed by atoms with Gasteiger partial charge in [-0.2, -0.15) is 0 Å². The van der Waals surface area contributed by atoms with Crippen LogP contribution in [-0.4, -0.2) is 46.7 Å². The van der Waals surface area contributed by atoms with E-state index in [0.29, 0.717) is 19.4 Å². The monoisotopic (exact) mass is 350 g/mol. The Kier molecular flexibility index (Phi) is 3.48. The number of aliphatic hydroxyl groups excluding tert-OH is 1. The molecule has 140 valence electrons. The second-order valence-electron chi connectivity index (χ2n) is 9.93. The molecule has 2 saturated carbocycles. The van der Waals surface area contributed by atoms with Crippen LogP contribution in [0.4, 0.5) is 0 Å². The molecule has 2 aliphatic carbocycles. The Labute approximate surface area is 149 Å². The number of rotatable bonds is 1. The second-order valence-corrected chi connectivity index (χ2v) is 9.93. The highest BCUT2D eigenvalue weighted by Crippen LogP contribution is 2.64. The van der Waals surface area contributed by atoms with Crippen LogP contribution in [0.2, 0.25) is 0 Å². The highest BCUT2D eigenvalue weighted by Gasteiger charge is 2.68. The average molecular weight is 350 g/mol.